The van der Waals surface area contributed by atoms with E-state index in [1.807, 2.05) is 49.4 Å². The van der Waals surface area contributed by atoms with Crippen LogP contribution in [-0.2, 0) is 19.7 Å². The lowest BCUT2D eigenvalue weighted by Gasteiger charge is -2.22. The van der Waals surface area contributed by atoms with Gasteiger partial charge < -0.3 is 14.8 Å². The molecule has 1 N–H and O–H groups in total. The number of methoxy groups -OCH3 is 1. The summed E-state index contributed by atoms with van der Waals surface area (Å²) >= 11 is 0. The van der Waals surface area contributed by atoms with Crippen LogP contribution in [0.2, 0.25) is 0 Å². The van der Waals surface area contributed by atoms with E-state index in [0.29, 0.717) is 17.1 Å². The van der Waals surface area contributed by atoms with E-state index in [9.17, 15) is 9.59 Å². The molecule has 0 bridgehead atoms. The van der Waals surface area contributed by atoms with Gasteiger partial charge in [0.05, 0.1) is 25.0 Å². The number of rotatable bonds is 10. The first-order valence-electron chi connectivity index (χ1n) is 14.4. The summed E-state index contributed by atoms with van der Waals surface area (Å²) < 4.78 is 10.9. The van der Waals surface area contributed by atoms with Gasteiger partial charge in [-0.2, -0.15) is 0 Å². The van der Waals surface area contributed by atoms with Crippen molar-refractivity contribution in [3.05, 3.63) is 94.4 Å². The summed E-state index contributed by atoms with van der Waals surface area (Å²) in [6.07, 6.45) is 13.0. The smallest absolute Gasteiger partial charge is 0.337 e. The Hall–Kier alpha value is -3.60. The summed E-state index contributed by atoms with van der Waals surface area (Å²) in [5.41, 5.74) is 4.56. The van der Waals surface area contributed by atoms with E-state index in [1.54, 1.807) is 12.1 Å². The van der Waals surface area contributed by atoms with Crippen LogP contribution >= 0.6 is 0 Å². The third kappa shape index (κ3) is 9.25. The molecule has 1 fully saturated rings. The Bertz CT molecular complexity index is 1220. The molecule has 0 spiro atoms. The molecule has 5 heteroatoms. The predicted molar refractivity (Wildman–Crippen MR) is 164 cm³/mol. The Balaban J connectivity index is 1.81. The normalized spacial score (nSPS) is 15.5. The predicted octanol–water partition coefficient (Wildman–Crippen LogP) is 8.22. The van der Waals surface area contributed by atoms with Crippen LogP contribution in [0.25, 0.3) is 11.6 Å². The van der Waals surface area contributed by atoms with Crippen molar-refractivity contribution >= 4 is 23.5 Å². The van der Waals surface area contributed by atoms with Crippen molar-refractivity contribution in [3.63, 3.8) is 0 Å². The zero-order valence-corrected chi connectivity index (χ0v) is 25.0. The standard InChI is InChI=1S/C35H45NO4/c1-7-31(40-24-27-11-9-8-10-12-27)22-13-25(2)36-33(37)32(28-18-20-30(21-19-28)35(3,4)5)23-26-14-16-29(17-15-26)34(38)39-6/h13-23,27H,7-12,24H2,1-6H3,(H,36,37)/b25-13+,31-22+,32-23+. The van der Waals surface area contributed by atoms with Crippen molar-refractivity contribution in [1.29, 1.82) is 0 Å². The summed E-state index contributed by atoms with van der Waals surface area (Å²) in [6.45, 7) is 11.2. The summed E-state index contributed by atoms with van der Waals surface area (Å²) in [4.78, 5) is 25.4. The highest BCUT2D eigenvalue weighted by molar-refractivity contribution is 6.24. The molecule has 0 heterocycles. The van der Waals surface area contributed by atoms with Gasteiger partial charge in [-0.05, 0) is 78.1 Å². The molecule has 214 valence electrons. The first-order valence-corrected chi connectivity index (χ1v) is 14.4. The molecule has 2 aromatic rings. The summed E-state index contributed by atoms with van der Waals surface area (Å²) in [7, 11) is 1.36. The number of hydrogen-bond donors (Lipinski definition) is 1. The number of ether oxygens (including phenoxy) is 2. The summed E-state index contributed by atoms with van der Waals surface area (Å²) in [5.74, 6) is 0.976. The van der Waals surface area contributed by atoms with Crippen LogP contribution in [0.15, 0.2) is 72.1 Å². The minimum atomic E-state index is -0.394. The minimum absolute atomic E-state index is 0.0100. The lowest BCUT2D eigenvalue weighted by atomic mass is 9.86. The van der Waals surface area contributed by atoms with Crippen molar-refractivity contribution in [2.75, 3.05) is 13.7 Å². The molecule has 0 radical (unpaired) electrons. The fourth-order valence-electron chi connectivity index (χ4n) is 4.78. The Morgan fingerprint density at radius 1 is 0.925 bits per heavy atom. The highest BCUT2D eigenvalue weighted by Gasteiger charge is 2.17. The molecule has 1 saturated carbocycles. The van der Waals surface area contributed by atoms with Gasteiger partial charge in [0.15, 0.2) is 0 Å². The highest BCUT2D eigenvalue weighted by Crippen LogP contribution is 2.27. The maximum atomic E-state index is 13.6. The zero-order valence-electron chi connectivity index (χ0n) is 25.0. The van der Waals surface area contributed by atoms with Crippen molar-refractivity contribution in [2.24, 2.45) is 5.92 Å². The van der Waals surface area contributed by atoms with Gasteiger partial charge in [0, 0.05) is 17.7 Å². The monoisotopic (exact) mass is 543 g/mol. The number of allylic oxidation sites excluding steroid dienone is 4. The molecule has 1 amide bonds. The van der Waals surface area contributed by atoms with E-state index in [2.05, 4.69) is 45.1 Å². The SMILES string of the molecule is CC/C(=C\C=C(/C)NC(=O)/C(=C/c1ccc(C(=O)OC)cc1)c1ccc(C(C)(C)C)cc1)OCC1CCCCC1. The van der Waals surface area contributed by atoms with Gasteiger partial charge in [0.1, 0.15) is 0 Å². The topological polar surface area (TPSA) is 64.6 Å². The van der Waals surface area contributed by atoms with Crippen LogP contribution in [-0.4, -0.2) is 25.6 Å². The average molecular weight is 544 g/mol. The van der Waals surface area contributed by atoms with E-state index in [1.165, 1.54) is 44.8 Å². The molecule has 5 nitrogen and oxygen atoms in total. The molecule has 0 atom stereocenters. The molecule has 0 aliphatic heterocycles. The number of hydrogen-bond acceptors (Lipinski definition) is 4. The maximum Gasteiger partial charge on any atom is 0.337 e. The van der Waals surface area contributed by atoms with E-state index < -0.39 is 5.97 Å². The molecule has 1 aliphatic carbocycles. The van der Waals surface area contributed by atoms with Crippen molar-refractivity contribution in [3.8, 4) is 0 Å². The van der Waals surface area contributed by atoms with Gasteiger partial charge >= 0.3 is 5.97 Å². The van der Waals surface area contributed by atoms with Crippen LogP contribution in [0, 0.1) is 5.92 Å². The second-order valence-corrected chi connectivity index (χ2v) is 11.6. The second-order valence-electron chi connectivity index (χ2n) is 11.6. The molecule has 2 aromatic carbocycles. The van der Waals surface area contributed by atoms with Gasteiger partial charge in [-0.3, -0.25) is 4.79 Å². The van der Waals surface area contributed by atoms with Gasteiger partial charge in [-0.25, -0.2) is 4.79 Å². The van der Waals surface area contributed by atoms with E-state index >= 15 is 0 Å². The summed E-state index contributed by atoms with van der Waals surface area (Å²) in [5, 5.41) is 3.05. The molecular weight excluding hydrogens is 498 g/mol. The van der Waals surface area contributed by atoms with Crippen LogP contribution in [0.1, 0.15) is 100 Å². The number of carbonyl (C=O) groups is 2. The Morgan fingerprint density at radius 3 is 2.12 bits per heavy atom. The van der Waals surface area contributed by atoms with Gasteiger partial charge in [-0.15, -0.1) is 0 Å². The third-order valence-corrected chi connectivity index (χ3v) is 7.36. The van der Waals surface area contributed by atoms with Gasteiger partial charge in [0.2, 0.25) is 0 Å². The van der Waals surface area contributed by atoms with Crippen LogP contribution in [0.5, 0.6) is 0 Å². The molecule has 0 saturated heterocycles. The third-order valence-electron chi connectivity index (χ3n) is 7.36. The number of nitrogens with one attached hydrogen (secondary N) is 1. The Kier molecular flexibility index (Phi) is 11.4. The van der Waals surface area contributed by atoms with Crippen LogP contribution < -0.4 is 5.32 Å². The zero-order chi connectivity index (χ0) is 29.1. The molecule has 1 aliphatic rings. The van der Waals surface area contributed by atoms with E-state index in [0.717, 1.165) is 35.6 Å². The molecule has 40 heavy (non-hydrogen) atoms. The molecule has 0 unspecified atom stereocenters. The molecule has 3 rings (SSSR count). The maximum absolute atomic E-state index is 13.6. The van der Waals surface area contributed by atoms with Gasteiger partial charge in [-0.1, -0.05) is 83.4 Å². The van der Waals surface area contributed by atoms with Crippen molar-refractivity contribution in [2.45, 2.75) is 78.6 Å². The van der Waals surface area contributed by atoms with E-state index in [4.69, 9.17) is 9.47 Å². The fourth-order valence-corrected chi connectivity index (χ4v) is 4.78. The van der Waals surface area contributed by atoms with Crippen molar-refractivity contribution < 1.29 is 19.1 Å². The van der Waals surface area contributed by atoms with Crippen LogP contribution in [0.3, 0.4) is 0 Å². The lowest BCUT2D eigenvalue weighted by Crippen LogP contribution is -2.22. The molecular formula is C35H45NO4. The quantitative estimate of drug-likeness (QED) is 0.108. The second kappa shape index (κ2) is 14.7. The minimum Gasteiger partial charge on any atom is -0.498 e. The molecule has 0 aromatic heterocycles. The first kappa shape index (κ1) is 30.9. The highest BCUT2D eigenvalue weighted by atomic mass is 16.5. The average Bonchev–Trinajstić information content (AvgIpc) is 2.96. The largest absolute Gasteiger partial charge is 0.498 e. The van der Waals surface area contributed by atoms with Crippen LogP contribution in [0.4, 0.5) is 0 Å². The Morgan fingerprint density at radius 2 is 1.55 bits per heavy atom. The number of amides is 1. The lowest BCUT2D eigenvalue weighted by molar-refractivity contribution is -0.114. The van der Waals surface area contributed by atoms with E-state index in [-0.39, 0.29) is 11.3 Å². The van der Waals surface area contributed by atoms with Crippen molar-refractivity contribution in [1.82, 2.24) is 5.32 Å². The first-order chi connectivity index (χ1) is 19.1. The Labute approximate surface area is 240 Å². The number of carbonyl (C=O) groups excluding carboxylic acids is 2. The van der Waals surface area contributed by atoms with Gasteiger partial charge in [0.25, 0.3) is 5.91 Å². The number of benzene rings is 2. The number of esters is 1. The fraction of sp³-hybridized carbons (Fsp3) is 0.429. The summed E-state index contributed by atoms with van der Waals surface area (Å²) in [6, 6.07) is 15.1.